The first-order valence-corrected chi connectivity index (χ1v) is 7.00. The molecule has 2 N–H and O–H groups in total. The maximum atomic E-state index is 11.9. The molecule has 0 aromatic rings. The van der Waals surface area contributed by atoms with E-state index in [1.54, 1.807) is 0 Å². The van der Waals surface area contributed by atoms with Crippen molar-refractivity contribution >= 4 is 5.91 Å². The molecule has 0 aliphatic carbocycles. The molecule has 1 rings (SSSR count). The van der Waals surface area contributed by atoms with E-state index in [0.717, 1.165) is 25.8 Å². The van der Waals surface area contributed by atoms with E-state index in [1.807, 2.05) is 0 Å². The number of hydrogen-bond acceptors (Lipinski definition) is 2. The van der Waals surface area contributed by atoms with Crippen molar-refractivity contribution in [2.24, 2.45) is 11.8 Å². The number of rotatable bonds is 5. The first-order valence-electron chi connectivity index (χ1n) is 7.00. The standard InChI is InChI=1S/C14H28N2O/c1-10(2)7-11(3)8-14(17)16-13-5-6-15-12(4)9-13/h10-13,15H,5-9H2,1-4H3,(H,16,17). The van der Waals surface area contributed by atoms with Crippen LogP contribution in [-0.4, -0.2) is 24.5 Å². The van der Waals surface area contributed by atoms with Gasteiger partial charge in [0.05, 0.1) is 0 Å². The van der Waals surface area contributed by atoms with Gasteiger partial charge < -0.3 is 10.6 Å². The fourth-order valence-corrected chi connectivity index (χ4v) is 2.75. The average molecular weight is 240 g/mol. The van der Waals surface area contributed by atoms with Crippen molar-refractivity contribution in [1.29, 1.82) is 0 Å². The third-order valence-electron chi connectivity index (χ3n) is 3.40. The van der Waals surface area contributed by atoms with Crippen LogP contribution in [0.15, 0.2) is 0 Å². The van der Waals surface area contributed by atoms with Gasteiger partial charge in [-0.15, -0.1) is 0 Å². The van der Waals surface area contributed by atoms with Crippen molar-refractivity contribution in [3.05, 3.63) is 0 Å². The zero-order chi connectivity index (χ0) is 12.8. The largest absolute Gasteiger partial charge is 0.353 e. The van der Waals surface area contributed by atoms with E-state index in [2.05, 4.69) is 38.3 Å². The molecular formula is C14H28N2O. The highest BCUT2D eigenvalue weighted by molar-refractivity contribution is 5.76. The molecule has 3 nitrogen and oxygen atoms in total. The molecule has 0 spiro atoms. The smallest absolute Gasteiger partial charge is 0.220 e. The molecule has 17 heavy (non-hydrogen) atoms. The molecule has 3 heteroatoms. The lowest BCUT2D eigenvalue weighted by atomic mass is 9.95. The van der Waals surface area contributed by atoms with Gasteiger partial charge in [0.2, 0.25) is 5.91 Å². The Labute approximate surface area is 106 Å². The van der Waals surface area contributed by atoms with Crippen LogP contribution in [0.5, 0.6) is 0 Å². The van der Waals surface area contributed by atoms with Gasteiger partial charge in [-0.2, -0.15) is 0 Å². The van der Waals surface area contributed by atoms with Gasteiger partial charge >= 0.3 is 0 Å². The fourth-order valence-electron chi connectivity index (χ4n) is 2.75. The summed E-state index contributed by atoms with van der Waals surface area (Å²) in [6.07, 6.45) is 3.94. The van der Waals surface area contributed by atoms with E-state index in [0.29, 0.717) is 30.3 Å². The van der Waals surface area contributed by atoms with E-state index >= 15 is 0 Å². The number of hydrogen-bond donors (Lipinski definition) is 2. The molecule has 3 atom stereocenters. The number of amides is 1. The molecule has 1 aliphatic heterocycles. The van der Waals surface area contributed by atoms with E-state index in [4.69, 9.17) is 0 Å². The Morgan fingerprint density at radius 2 is 2.12 bits per heavy atom. The van der Waals surface area contributed by atoms with Crippen LogP contribution in [0, 0.1) is 11.8 Å². The van der Waals surface area contributed by atoms with Gasteiger partial charge in [0.1, 0.15) is 0 Å². The molecule has 0 aromatic carbocycles. The minimum Gasteiger partial charge on any atom is -0.353 e. The summed E-state index contributed by atoms with van der Waals surface area (Å²) in [6, 6.07) is 0.909. The normalized spacial score (nSPS) is 26.9. The Morgan fingerprint density at radius 1 is 1.41 bits per heavy atom. The minimum atomic E-state index is 0.234. The maximum absolute atomic E-state index is 11.9. The van der Waals surface area contributed by atoms with Crippen molar-refractivity contribution in [1.82, 2.24) is 10.6 Å². The summed E-state index contributed by atoms with van der Waals surface area (Å²) in [5.41, 5.74) is 0. The molecule has 1 aliphatic rings. The van der Waals surface area contributed by atoms with Crippen molar-refractivity contribution in [2.45, 2.75) is 65.5 Å². The van der Waals surface area contributed by atoms with Crippen LogP contribution in [0.1, 0.15) is 53.4 Å². The van der Waals surface area contributed by atoms with Crippen molar-refractivity contribution < 1.29 is 4.79 Å². The van der Waals surface area contributed by atoms with Crippen LogP contribution in [0.2, 0.25) is 0 Å². The summed E-state index contributed by atoms with van der Waals surface area (Å²) in [5, 5.41) is 6.58. The fraction of sp³-hybridized carbons (Fsp3) is 0.929. The summed E-state index contributed by atoms with van der Waals surface area (Å²) < 4.78 is 0. The van der Waals surface area contributed by atoms with Crippen molar-refractivity contribution in [2.75, 3.05) is 6.54 Å². The van der Waals surface area contributed by atoms with Gasteiger partial charge in [-0.05, 0) is 44.6 Å². The second kappa shape index (κ2) is 7.00. The maximum Gasteiger partial charge on any atom is 0.220 e. The first-order chi connectivity index (χ1) is 7.97. The summed E-state index contributed by atoms with van der Waals surface area (Å²) >= 11 is 0. The predicted molar refractivity (Wildman–Crippen MR) is 71.9 cm³/mol. The van der Waals surface area contributed by atoms with Crippen molar-refractivity contribution in [3.63, 3.8) is 0 Å². The zero-order valence-corrected chi connectivity index (χ0v) is 11.8. The van der Waals surface area contributed by atoms with Crippen LogP contribution in [-0.2, 0) is 4.79 Å². The van der Waals surface area contributed by atoms with Gasteiger partial charge in [-0.25, -0.2) is 0 Å². The van der Waals surface area contributed by atoms with Gasteiger partial charge in [0.15, 0.2) is 0 Å². The Morgan fingerprint density at radius 3 is 2.71 bits per heavy atom. The lowest BCUT2D eigenvalue weighted by Crippen LogP contribution is -2.46. The van der Waals surface area contributed by atoms with Crippen molar-refractivity contribution in [3.8, 4) is 0 Å². The molecular weight excluding hydrogens is 212 g/mol. The second-order valence-electron chi connectivity index (χ2n) is 6.08. The highest BCUT2D eigenvalue weighted by Crippen LogP contribution is 2.15. The van der Waals surface area contributed by atoms with Crippen LogP contribution >= 0.6 is 0 Å². The molecule has 0 saturated carbocycles. The number of carbonyl (C=O) groups excluding carboxylic acids is 1. The quantitative estimate of drug-likeness (QED) is 0.774. The van der Waals surface area contributed by atoms with Crippen LogP contribution in [0.25, 0.3) is 0 Å². The Kier molecular flexibility index (Phi) is 5.96. The zero-order valence-electron chi connectivity index (χ0n) is 11.8. The lowest BCUT2D eigenvalue weighted by molar-refractivity contribution is -0.122. The van der Waals surface area contributed by atoms with E-state index in [1.165, 1.54) is 0 Å². The molecule has 0 radical (unpaired) electrons. The van der Waals surface area contributed by atoms with E-state index in [9.17, 15) is 4.79 Å². The highest BCUT2D eigenvalue weighted by Gasteiger charge is 2.20. The number of nitrogens with one attached hydrogen (secondary N) is 2. The van der Waals surface area contributed by atoms with Gasteiger partial charge in [-0.1, -0.05) is 20.8 Å². The molecule has 100 valence electrons. The van der Waals surface area contributed by atoms with E-state index < -0.39 is 0 Å². The Hall–Kier alpha value is -0.570. The SMILES string of the molecule is CC(C)CC(C)CC(=O)NC1CCNC(C)C1. The predicted octanol–water partition coefficient (Wildman–Crippen LogP) is 2.32. The van der Waals surface area contributed by atoms with Crippen LogP contribution < -0.4 is 10.6 Å². The Bertz CT molecular complexity index is 240. The third kappa shape index (κ3) is 6.06. The van der Waals surface area contributed by atoms with Crippen LogP contribution in [0.3, 0.4) is 0 Å². The molecule has 3 unspecified atom stereocenters. The lowest BCUT2D eigenvalue weighted by Gasteiger charge is -2.29. The summed E-state index contributed by atoms with van der Waals surface area (Å²) in [7, 11) is 0. The third-order valence-corrected chi connectivity index (χ3v) is 3.40. The average Bonchev–Trinajstić information content (AvgIpc) is 2.14. The van der Waals surface area contributed by atoms with E-state index in [-0.39, 0.29) is 5.91 Å². The summed E-state index contributed by atoms with van der Waals surface area (Å²) in [4.78, 5) is 11.9. The molecule has 0 aromatic heterocycles. The molecule has 1 fully saturated rings. The topological polar surface area (TPSA) is 41.1 Å². The highest BCUT2D eigenvalue weighted by atomic mass is 16.1. The Balaban J connectivity index is 2.24. The van der Waals surface area contributed by atoms with Gasteiger partial charge in [-0.3, -0.25) is 4.79 Å². The van der Waals surface area contributed by atoms with Gasteiger partial charge in [0.25, 0.3) is 0 Å². The second-order valence-corrected chi connectivity index (χ2v) is 6.08. The first kappa shape index (κ1) is 14.5. The number of piperidine rings is 1. The minimum absolute atomic E-state index is 0.234. The van der Waals surface area contributed by atoms with Crippen LogP contribution in [0.4, 0.5) is 0 Å². The molecule has 1 amide bonds. The molecule has 0 bridgehead atoms. The number of carbonyl (C=O) groups is 1. The monoisotopic (exact) mass is 240 g/mol. The van der Waals surface area contributed by atoms with Gasteiger partial charge in [0, 0.05) is 18.5 Å². The molecule has 1 heterocycles. The summed E-state index contributed by atoms with van der Waals surface area (Å²) in [5.74, 6) is 1.41. The summed E-state index contributed by atoms with van der Waals surface area (Å²) in [6.45, 7) is 9.80. The molecule has 1 saturated heterocycles.